The molecule has 0 saturated carbocycles. The second-order valence-electron chi connectivity index (χ2n) is 4.73. The zero-order chi connectivity index (χ0) is 10.8. The van der Waals surface area contributed by atoms with Crippen molar-refractivity contribution >= 4 is 0 Å². The molecule has 0 unspecified atom stereocenters. The van der Waals surface area contributed by atoms with E-state index in [1.807, 2.05) is 0 Å². The lowest BCUT2D eigenvalue weighted by Crippen LogP contribution is -2.13. The maximum atomic E-state index is 2.27. The summed E-state index contributed by atoms with van der Waals surface area (Å²) in [5.74, 6) is 0. The molecular weight excluding hydrogens is 172 g/mol. The van der Waals surface area contributed by atoms with E-state index >= 15 is 0 Å². The molecular formula is C12H28N2. The van der Waals surface area contributed by atoms with Gasteiger partial charge in [0.05, 0.1) is 0 Å². The number of nitrogens with zero attached hydrogens (tertiary/aromatic N) is 2. The third-order valence-electron chi connectivity index (χ3n) is 2.46. The highest BCUT2D eigenvalue weighted by Crippen LogP contribution is 2.05. The fraction of sp³-hybridized carbons (Fsp3) is 1.00. The maximum absolute atomic E-state index is 2.27. The van der Waals surface area contributed by atoms with E-state index in [0.29, 0.717) is 0 Å². The van der Waals surface area contributed by atoms with Crippen LogP contribution in [-0.4, -0.2) is 51.1 Å². The molecule has 2 heteroatoms. The first-order chi connectivity index (χ1) is 6.63. The Labute approximate surface area is 90.3 Å². The van der Waals surface area contributed by atoms with Crippen LogP contribution in [0.5, 0.6) is 0 Å². The third kappa shape index (κ3) is 11.9. The van der Waals surface area contributed by atoms with Crippen LogP contribution in [0.25, 0.3) is 0 Å². The molecule has 0 aromatic rings. The van der Waals surface area contributed by atoms with Crippen molar-refractivity contribution in [3.8, 4) is 0 Å². The fourth-order valence-electron chi connectivity index (χ4n) is 1.56. The van der Waals surface area contributed by atoms with Crippen LogP contribution in [-0.2, 0) is 0 Å². The van der Waals surface area contributed by atoms with Gasteiger partial charge in [0, 0.05) is 0 Å². The first-order valence-electron chi connectivity index (χ1n) is 5.92. The van der Waals surface area contributed by atoms with Gasteiger partial charge in [0.25, 0.3) is 0 Å². The zero-order valence-electron chi connectivity index (χ0n) is 10.6. The van der Waals surface area contributed by atoms with Gasteiger partial charge in [-0.1, -0.05) is 25.7 Å². The summed E-state index contributed by atoms with van der Waals surface area (Å²) >= 11 is 0. The number of unbranched alkanes of at least 4 members (excludes halogenated alkanes) is 5. The van der Waals surface area contributed by atoms with Crippen LogP contribution < -0.4 is 0 Å². The molecule has 0 N–H and O–H groups in total. The van der Waals surface area contributed by atoms with Crippen LogP contribution in [0.15, 0.2) is 0 Å². The Hall–Kier alpha value is -0.0800. The van der Waals surface area contributed by atoms with Gasteiger partial charge in [0.2, 0.25) is 0 Å². The molecule has 0 radical (unpaired) electrons. The summed E-state index contributed by atoms with van der Waals surface area (Å²) in [5, 5.41) is 0. The Bertz CT molecular complexity index is 96.9. The molecule has 0 saturated heterocycles. The van der Waals surface area contributed by atoms with Gasteiger partial charge in [-0.2, -0.15) is 0 Å². The predicted molar refractivity (Wildman–Crippen MR) is 64.8 cm³/mol. The molecule has 0 spiro atoms. The predicted octanol–water partition coefficient (Wildman–Crippen LogP) is 2.45. The lowest BCUT2D eigenvalue weighted by molar-refractivity contribution is 0.379. The molecule has 86 valence electrons. The normalized spacial score (nSPS) is 11.6. The summed E-state index contributed by atoms with van der Waals surface area (Å²) in [5.41, 5.74) is 0. The van der Waals surface area contributed by atoms with E-state index in [1.54, 1.807) is 0 Å². The smallest absolute Gasteiger partial charge is 0.00248 e. The second-order valence-corrected chi connectivity index (χ2v) is 4.73. The van der Waals surface area contributed by atoms with E-state index in [2.05, 4.69) is 38.0 Å². The van der Waals surface area contributed by atoms with E-state index in [-0.39, 0.29) is 0 Å². The van der Waals surface area contributed by atoms with Crippen molar-refractivity contribution in [1.82, 2.24) is 9.80 Å². The zero-order valence-corrected chi connectivity index (χ0v) is 10.6. The highest BCUT2D eigenvalue weighted by molar-refractivity contribution is 4.49. The minimum atomic E-state index is 1.25. The molecule has 2 nitrogen and oxygen atoms in total. The molecule has 0 bridgehead atoms. The van der Waals surface area contributed by atoms with E-state index in [1.165, 1.54) is 51.6 Å². The van der Waals surface area contributed by atoms with Gasteiger partial charge in [-0.3, -0.25) is 0 Å². The van der Waals surface area contributed by atoms with Crippen LogP contribution >= 0.6 is 0 Å². The van der Waals surface area contributed by atoms with E-state index in [4.69, 9.17) is 0 Å². The molecule has 0 aromatic heterocycles. The van der Waals surface area contributed by atoms with Crippen molar-refractivity contribution in [2.75, 3.05) is 41.3 Å². The lowest BCUT2D eigenvalue weighted by Gasteiger charge is -2.09. The Kier molecular flexibility index (Phi) is 9.42. The quantitative estimate of drug-likeness (QED) is 0.528. The summed E-state index contributed by atoms with van der Waals surface area (Å²) < 4.78 is 0. The lowest BCUT2D eigenvalue weighted by atomic mass is 10.1. The van der Waals surface area contributed by atoms with Crippen LogP contribution in [0.4, 0.5) is 0 Å². The van der Waals surface area contributed by atoms with E-state index in [0.717, 1.165) is 0 Å². The Morgan fingerprint density at radius 2 is 0.786 bits per heavy atom. The van der Waals surface area contributed by atoms with E-state index in [9.17, 15) is 0 Å². The molecule has 0 fully saturated rings. The first kappa shape index (κ1) is 13.9. The summed E-state index contributed by atoms with van der Waals surface area (Å²) in [6.45, 7) is 2.50. The molecule has 0 aliphatic carbocycles. The van der Waals surface area contributed by atoms with Gasteiger partial charge in [-0.05, 0) is 54.1 Å². The molecule has 14 heavy (non-hydrogen) atoms. The van der Waals surface area contributed by atoms with Crippen LogP contribution in [0.3, 0.4) is 0 Å². The van der Waals surface area contributed by atoms with Gasteiger partial charge in [-0.25, -0.2) is 0 Å². The van der Waals surface area contributed by atoms with Crippen LogP contribution in [0, 0.1) is 0 Å². The summed E-state index contributed by atoms with van der Waals surface area (Å²) in [7, 11) is 8.60. The number of hydrogen-bond acceptors (Lipinski definition) is 2. The summed E-state index contributed by atoms with van der Waals surface area (Å²) in [4.78, 5) is 4.54. The summed E-state index contributed by atoms with van der Waals surface area (Å²) in [6, 6.07) is 0. The average molecular weight is 200 g/mol. The van der Waals surface area contributed by atoms with Crippen molar-refractivity contribution in [2.45, 2.75) is 38.5 Å². The highest BCUT2D eigenvalue weighted by Gasteiger charge is 1.93. The van der Waals surface area contributed by atoms with Crippen LogP contribution in [0.2, 0.25) is 0 Å². The average Bonchev–Trinajstić information content (AvgIpc) is 2.08. The van der Waals surface area contributed by atoms with Gasteiger partial charge < -0.3 is 9.80 Å². The standard InChI is InChI=1S/C12H28N2/c1-13(2)11-9-7-5-6-8-10-12-14(3)4/h5-12H2,1-4H3. The van der Waals surface area contributed by atoms with Gasteiger partial charge >= 0.3 is 0 Å². The maximum Gasteiger partial charge on any atom is -0.00248 e. The molecule has 0 aromatic carbocycles. The number of hydrogen-bond donors (Lipinski definition) is 0. The summed E-state index contributed by atoms with van der Waals surface area (Å²) in [6.07, 6.45) is 8.37. The minimum Gasteiger partial charge on any atom is -0.309 e. The monoisotopic (exact) mass is 200 g/mol. The van der Waals surface area contributed by atoms with Crippen molar-refractivity contribution in [2.24, 2.45) is 0 Å². The van der Waals surface area contributed by atoms with Gasteiger partial charge in [0.15, 0.2) is 0 Å². The number of rotatable bonds is 9. The van der Waals surface area contributed by atoms with Gasteiger partial charge in [-0.15, -0.1) is 0 Å². The SMILES string of the molecule is CN(C)CCCCCCCCN(C)C. The highest BCUT2D eigenvalue weighted by atomic mass is 15.0. The van der Waals surface area contributed by atoms with Crippen molar-refractivity contribution in [3.05, 3.63) is 0 Å². The van der Waals surface area contributed by atoms with Gasteiger partial charge in [0.1, 0.15) is 0 Å². The Balaban J connectivity index is 2.92. The first-order valence-corrected chi connectivity index (χ1v) is 5.92. The molecule has 0 heterocycles. The van der Waals surface area contributed by atoms with Crippen molar-refractivity contribution < 1.29 is 0 Å². The Morgan fingerprint density at radius 1 is 0.500 bits per heavy atom. The van der Waals surface area contributed by atoms with Crippen molar-refractivity contribution in [1.29, 1.82) is 0 Å². The molecule has 0 aliphatic rings. The second kappa shape index (κ2) is 9.47. The minimum absolute atomic E-state index is 1.25. The molecule has 0 atom stereocenters. The van der Waals surface area contributed by atoms with E-state index < -0.39 is 0 Å². The molecule has 0 rings (SSSR count). The van der Waals surface area contributed by atoms with Crippen molar-refractivity contribution in [3.63, 3.8) is 0 Å². The largest absolute Gasteiger partial charge is 0.309 e. The third-order valence-corrected chi connectivity index (χ3v) is 2.46. The topological polar surface area (TPSA) is 6.48 Å². The van der Waals surface area contributed by atoms with Crippen LogP contribution in [0.1, 0.15) is 38.5 Å². The Morgan fingerprint density at radius 3 is 1.07 bits per heavy atom. The molecule has 0 amide bonds. The fourth-order valence-corrected chi connectivity index (χ4v) is 1.56. The molecule has 0 aliphatic heterocycles.